The van der Waals surface area contributed by atoms with Crippen LogP contribution in [0.25, 0.3) is 11.2 Å². The first-order chi connectivity index (χ1) is 16.8. The van der Waals surface area contributed by atoms with Gasteiger partial charge in [-0.05, 0) is 57.1 Å². The number of aromatic nitrogens is 4. The number of nitrogens with zero attached hydrogens (tertiary/aromatic N) is 4. The minimum Gasteiger partial charge on any atom is -0.393 e. The van der Waals surface area contributed by atoms with E-state index in [9.17, 15) is 18.7 Å². The summed E-state index contributed by atoms with van der Waals surface area (Å²) in [5, 5.41) is 15.8. The first-order valence-corrected chi connectivity index (χ1v) is 12.1. The highest BCUT2D eigenvalue weighted by Crippen LogP contribution is 2.38. The number of nitrogens with two attached hydrogens (primary N) is 1. The summed E-state index contributed by atoms with van der Waals surface area (Å²) in [4.78, 5) is 25.2. The minimum absolute atomic E-state index is 0.0533. The largest absolute Gasteiger partial charge is 0.393 e. The summed E-state index contributed by atoms with van der Waals surface area (Å²) in [5.74, 6) is -1.62. The number of benzene rings is 1. The van der Waals surface area contributed by atoms with Gasteiger partial charge in [0.25, 0.3) is 0 Å². The van der Waals surface area contributed by atoms with Gasteiger partial charge in [-0.15, -0.1) is 0 Å². The van der Waals surface area contributed by atoms with E-state index in [-0.39, 0.29) is 46.7 Å². The van der Waals surface area contributed by atoms with Crippen molar-refractivity contribution < 1.29 is 18.7 Å². The molecular formula is C23H26ClF2N7O2. The zero-order valence-corrected chi connectivity index (χ0v) is 19.6. The molecule has 12 heteroatoms. The van der Waals surface area contributed by atoms with Gasteiger partial charge in [-0.3, -0.25) is 9.36 Å². The Hall–Kier alpha value is -3.05. The molecule has 2 fully saturated rings. The lowest BCUT2D eigenvalue weighted by Crippen LogP contribution is -2.29. The maximum Gasteiger partial charge on any atom is 0.224 e. The highest BCUT2D eigenvalue weighted by atomic mass is 35.5. The number of hydrogen-bond acceptors (Lipinski definition) is 7. The summed E-state index contributed by atoms with van der Waals surface area (Å²) in [6.45, 7) is 0. The van der Waals surface area contributed by atoms with E-state index in [4.69, 9.17) is 17.3 Å². The molecule has 0 spiro atoms. The van der Waals surface area contributed by atoms with Crippen LogP contribution in [0.1, 0.15) is 51.0 Å². The lowest BCUT2D eigenvalue weighted by atomic mass is 9.85. The standard InChI is InChI=1S/C23H26ClF2N7O2/c24-12-7-16(25)19(17(26)8-12)31-23-30-18-10-28-22(29-13-3-6-15(34)9-13)32-21(18)33(23)14-4-1-11(2-5-14)20(27)35/h7-8,10-11,13-15,34H,1-6,9H2,(H2,27,35)(H,30,31)(H,28,29,32)/t11-,13-,14+,15-/m0/s1. The predicted octanol–water partition coefficient (Wildman–Crippen LogP) is 4.04. The molecule has 1 aromatic carbocycles. The molecule has 1 amide bonds. The van der Waals surface area contributed by atoms with Gasteiger partial charge in [-0.25, -0.2) is 18.7 Å². The molecule has 3 aromatic rings. The zero-order valence-electron chi connectivity index (χ0n) is 18.8. The van der Waals surface area contributed by atoms with Crippen LogP contribution in [-0.2, 0) is 4.79 Å². The van der Waals surface area contributed by atoms with Crippen molar-refractivity contribution in [2.75, 3.05) is 10.6 Å². The van der Waals surface area contributed by atoms with Gasteiger partial charge in [0.15, 0.2) is 17.3 Å². The molecule has 0 unspecified atom stereocenters. The lowest BCUT2D eigenvalue weighted by molar-refractivity contribution is -0.122. The third-order valence-electron chi connectivity index (χ3n) is 6.88. The third-order valence-corrected chi connectivity index (χ3v) is 7.10. The van der Waals surface area contributed by atoms with Crippen LogP contribution in [0, 0.1) is 17.6 Å². The molecule has 186 valence electrons. The molecule has 2 heterocycles. The molecular weight excluding hydrogens is 480 g/mol. The van der Waals surface area contributed by atoms with E-state index in [1.54, 1.807) is 6.20 Å². The van der Waals surface area contributed by atoms with Crippen LogP contribution in [0.3, 0.4) is 0 Å². The van der Waals surface area contributed by atoms with Crippen LogP contribution in [-0.4, -0.2) is 42.7 Å². The molecule has 0 bridgehead atoms. The van der Waals surface area contributed by atoms with E-state index in [1.165, 1.54) is 0 Å². The average Bonchev–Trinajstić information content (AvgIpc) is 3.38. The Morgan fingerprint density at radius 2 is 1.83 bits per heavy atom. The van der Waals surface area contributed by atoms with Crippen molar-refractivity contribution in [2.45, 2.75) is 63.1 Å². The second-order valence-corrected chi connectivity index (χ2v) is 9.73. The van der Waals surface area contributed by atoms with Crippen molar-refractivity contribution in [2.24, 2.45) is 11.7 Å². The molecule has 5 rings (SSSR count). The minimum atomic E-state index is -0.848. The molecule has 2 aromatic heterocycles. The second-order valence-electron chi connectivity index (χ2n) is 9.29. The first kappa shape index (κ1) is 23.7. The van der Waals surface area contributed by atoms with Crippen molar-refractivity contribution in [3.05, 3.63) is 35.0 Å². The highest BCUT2D eigenvalue weighted by molar-refractivity contribution is 6.30. The molecule has 2 atom stereocenters. The maximum atomic E-state index is 14.6. The van der Waals surface area contributed by atoms with Gasteiger partial charge in [0.1, 0.15) is 11.2 Å². The van der Waals surface area contributed by atoms with Gasteiger partial charge in [0.2, 0.25) is 17.8 Å². The smallest absolute Gasteiger partial charge is 0.224 e. The van der Waals surface area contributed by atoms with Crippen LogP contribution in [0.2, 0.25) is 5.02 Å². The molecule has 0 radical (unpaired) electrons. The lowest BCUT2D eigenvalue weighted by Gasteiger charge is -2.29. The maximum absolute atomic E-state index is 14.6. The predicted molar refractivity (Wildman–Crippen MR) is 127 cm³/mol. The number of halogens is 3. The number of anilines is 3. The Morgan fingerprint density at radius 1 is 1.11 bits per heavy atom. The Morgan fingerprint density at radius 3 is 2.46 bits per heavy atom. The number of aliphatic hydroxyl groups is 1. The fourth-order valence-electron chi connectivity index (χ4n) is 5.06. The zero-order chi connectivity index (χ0) is 24.7. The van der Waals surface area contributed by atoms with Crippen molar-refractivity contribution in [1.82, 2.24) is 19.5 Å². The number of aliphatic hydroxyl groups excluding tert-OH is 1. The number of carbonyl (C=O) groups is 1. The molecule has 2 aliphatic carbocycles. The fraction of sp³-hybridized carbons (Fsp3) is 0.478. The van der Waals surface area contributed by atoms with Gasteiger partial charge in [0, 0.05) is 23.0 Å². The number of primary amides is 1. The van der Waals surface area contributed by atoms with Crippen molar-refractivity contribution in [3.63, 3.8) is 0 Å². The summed E-state index contributed by atoms with van der Waals surface area (Å²) in [5.41, 5.74) is 6.08. The molecule has 9 nitrogen and oxygen atoms in total. The third kappa shape index (κ3) is 4.87. The Labute approximate surface area is 205 Å². The molecule has 0 aliphatic heterocycles. The normalized spacial score (nSPS) is 24.6. The number of hydrogen-bond donors (Lipinski definition) is 4. The Kier molecular flexibility index (Phi) is 6.45. The van der Waals surface area contributed by atoms with E-state index < -0.39 is 11.6 Å². The van der Waals surface area contributed by atoms with E-state index in [2.05, 4.69) is 25.6 Å². The number of imidazole rings is 1. The second kappa shape index (κ2) is 9.54. The fourth-order valence-corrected chi connectivity index (χ4v) is 5.25. The topological polar surface area (TPSA) is 131 Å². The molecule has 2 aliphatic rings. The molecule has 5 N–H and O–H groups in total. The quantitative estimate of drug-likeness (QED) is 0.397. The Balaban J connectivity index is 1.52. The summed E-state index contributed by atoms with van der Waals surface area (Å²) in [7, 11) is 0. The highest BCUT2D eigenvalue weighted by Gasteiger charge is 2.30. The summed E-state index contributed by atoms with van der Waals surface area (Å²) < 4.78 is 30.9. The van der Waals surface area contributed by atoms with E-state index in [0.717, 1.165) is 18.6 Å². The average molecular weight is 506 g/mol. The van der Waals surface area contributed by atoms with Crippen LogP contribution >= 0.6 is 11.6 Å². The monoisotopic (exact) mass is 505 g/mol. The van der Waals surface area contributed by atoms with E-state index in [0.29, 0.717) is 55.6 Å². The summed E-state index contributed by atoms with van der Waals surface area (Å²) in [6.07, 6.45) is 5.79. The Bertz CT molecular complexity index is 1240. The number of nitrogens with one attached hydrogen (secondary N) is 2. The first-order valence-electron chi connectivity index (χ1n) is 11.7. The number of amides is 1. The van der Waals surface area contributed by atoms with E-state index >= 15 is 0 Å². The molecule has 35 heavy (non-hydrogen) atoms. The van der Waals surface area contributed by atoms with Gasteiger partial charge in [0.05, 0.1) is 12.3 Å². The van der Waals surface area contributed by atoms with Crippen molar-refractivity contribution in [3.8, 4) is 0 Å². The number of rotatable bonds is 6. The van der Waals surface area contributed by atoms with Crippen LogP contribution in [0.5, 0.6) is 0 Å². The molecule has 2 saturated carbocycles. The van der Waals surface area contributed by atoms with Crippen LogP contribution < -0.4 is 16.4 Å². The number of fused-ring (bicyclic) bond motifs is 1. The van der Waals surface area contributed by atoms with Crippen molar-refractivity contribution in [1.29, 1.82) is 0 Å². The van der Waals surface area contributed by atoms with Gasteiger partial charge < -0.3 is 21.5 Å². The van der Waals surface area contributed by atoms with E-state index in [1.807, 2.05) is 4.57 Å². The van der Waals surface area contributed by atoms with Crippen LogP contribution in [0.15, 0.2) is 18.3 Å². The van der Waals surface area contributed by atoms with Crippen molar-refractivity contribution >= 4 is 46.3 Å². The molecule has 0 saturated heterocycles. The van der Waals surface area contributed by atoms with Gasteiger partial charge in [-0.2, -0.15) is 4.98 Å². The number of carbonyl (C=O) groups excluding carboxylic acids is 1. The van der Waals surface area contributed by atoms with Gasteiger partial charge >= 0.3 is 0 Å². The SMILES string of the molecule is NC(=O)[C@H]1CC[C@@H](n2c(Nc3c(F)cc(Cl)cc3F)nc3cnc(N[C@H]4CC[C@H](O)C4)nc32)CC1. The van der Waals surface area contributed by atoms with Gasteiger partial charge in [-0.1, -0.05) is 11.6 Å². The summed E-state index contributed by atoms with van der Waals surface area (Å²) in [6, 6.07) is 1.98. The van der Waals surface area contributed by atoms with Crippen LogP contribution in [0.4, 0.5) is 26.4 Å². The summed E-state index contributed by atoms with van der Waals surface area (Å²) >= 11 is 5.77.